The minimum Gasteiger partial charge on any atom is -0.487 e. The number of ether oxygens (including phenoxy) is 1. The van der Waals surface area contributed by atoms with Crippen molar-refractivity contribution in [3.63, 3.8) is 0 Å². The summed E-state index contributed by atoms with van der Waals surface area (Å²) < 4.78 is 6.13. The minimum absolute atomic E-state index is 0. The molecule has 1 unspecified atom stereocenters. The molecule has 6 heteroatoms. The summed E-state index contributed by atoms with van der Waals surface area (Å²) in [4.78, 5) is 7.03. The number of guanidine groups is 1. The van der Waals surface area contributed by atoms with Gasteiger partial charge in [-0.3, -0.25) is 9.89 Å². The van der Waals surface area contributed by atoms with Crippen LogP contribution in [-0.4, -0.2) is 48.7 Å². The van der Waals surface area contributed by atoms with Gasteiger partial charge in [-0.1, -0.05) is 18.2 Å². The van der Waals surface area contributed by atoms with Gasteiger partial charge < -0.3 is 15.4 Å². The summed E-state index contributed by atoms with van der Waals surface area (Å²) in [5.41, 5.74) is 1.02. The molecule has 1 aliphatic heterocycles. The zero-order valence-electron chi connectivity index (χ0n) is 17.3. The first kappa shape index (κ1) is 22.3. The molecule has 1 saturated carbocycles. The van der Waals surface area contributed by atoms with Crippen molar-refractivity contribution in [1.82, 2.24) is 15.5 Å². The Hall–Kier alpha value is -1.02. The summed E-state index contributed by atoms with van der Waals surface area (Å²) in [6.45, 7) is 10.8. The van der Waals surface area contributed by atoms with E-state index in [2.05, 4.69) is 66.4 Å². The van der Waals surface area contributed by atoms with E-state index in [1.807, 2.05) is 13.1 Å². The lowest BCUT2D eigenvalue weighted by Gasteiger charge is -2.38. The van der Waals surface area contributed by atoms with Crippen LogP contribution in [0, 0.1) is 0 Å². The highest BCUT2D eigenvalue weighted by Gasteiger charge is 2.34. The number of nitrogens with zero attached hydrogens (tertiary/aromatic N) is 2. The largest absolute Gasteiger partial charge is 0.487 e. The third kappa shape index (κ3) is 5.98. The molecular formula is C21H35IN4O. The van der Waals surface area contributed by atoms with Gasteiger partial charge >= 0.3 is 0 Å². The lowest BCUT2D eigenvalue weighted by atomic mass is 9.90. The fourth-order valence-electron chi connectivity index (χ4n) is 3.86. The Labute approximate surface area is 181 Å². The van der Waals surface area contributed by atoms with Crippen molar-refractivity contribution in [2.45, 2.75) is 70.7 Å². The first-order valence-corrected chi connectivity index (χ1v) is 9.90. The molecule has 5 nitrogen and oxygen atoms in total. The van der Waals surface area contributed by atoms with Gasteiger partial charge in [0.05, 0.1) is 6.04 Å². The molecule has 27 heavy (non-hydrogen) atoms. The normalized spacial score (nSPS) is 21.3. The molecule has 1 aliphatic carbocycles. The van der Waals surface area contributed by atoms with Crippen molar-refractivity contribution >= 4 is 29.9 Å². The highest BCUT2D eigenvalue weighted by molar-refractivity contribution is 14.0. The second-order valence-corrected chi connectivity index (χ2v) is 8.36. The predicted octanol–water partition coefficient (Wildman–Crippen LogP) is 3.94. The molecule has 0 radical (unpaired) electrons. The van der Waals surface area contributed by atoms with Crippen molar-refractivity contribution in [1.29, 1.82) is 0 Å². The summed E-state index contributed by atoms with van der Waals surface area (Å²) in [5.74, 6) is 1.83. The number of rotatable bonds is 6. The average Bonchev–Trinajstić information content (AvgIpc) is 3.41. The van der Waals surface area contributed by atoms with Gasteiger partial charge in [-0.15, -0.1) is 24.0 Å². The average molecular weight is 486 g/mol. The monoisotopic (exact) mass is 486 g/mol. The van der Waals surface area contributed by atoms with E-state index < -0.39 is 0 Å². The van der Waals surface area contributed by atoms with Gasteiger partial charge in [-0.05, 0) is 46.6 Å². The molecule has 2 aliphatic rings. The molecule has 0 bridgehead atoms. The fraction of sp³-hybridized carbons (Fsp3) is 0.667. The number of hydrogen-bond acceptors (Lipinski definition) is 3. The van der Waals surface area contributed by atoms with Crippen LogP contribution in [0.1, 0.15) is 58.6 Å². The van der Waals surface area contributed by atoms with Crippen molar-refractivity contribution in [3.8, 4) is 5.75 Å². The van der Waals surface area contributed by atoms with Gasteiger partial charge in [-0.2, -0.15) is 0 Å². The third-order valence-corrected chi connectivity index (χ3v) is 5.25. The summed E-state index contributed by atoms with van der Waals surface area (Å²) in [7, 11) is 1.84. The number of aliphatic imine (C=N–C) groups is 1. The molecule has 1 aromatic carbocycles. The Morgan fingerprint density at radius 1 is 1.30 bits per heavy atom. The molecule has 1 atom stereocenters. The lowest BCUT2D eigenvalue weighted by molar-refractivity contribution is 0.0694. The third-order valence-electron chi connectivity index (χ3n) is 5.25. The SMILES string of the molecule is CN=C(NCCN(C(C)C)C1CC1)NC1CC(C)(C)Oc2ccccc21.I. The lowest BCUT2D eigenvalue weighted by Crippen LogP contribution is -2.47. The van der Waals surface area contributed by atoms with E-state index in [0.717, 1.165) is 37.3 Å². The maximum Gasteiger partial charge on any atom is 0.191 e. The van der Waals surface area contributed by atoms with Crippen LogP contribution in [-0.2, 0) is 0 Å². The van der Waals surface area contributed by atoms with Crippen LogP contribution in [0.5, 0.6) is 5.75 Å². The topological polar surface area (TPSA) is 48.9 Å². The highest BCUT2D eigenvalue weighted by atomic mass is 127. The van der Waals surface area contributed by atoms with Crippen molar-refractivity contribution in [3.05, 3.63) is 29.8 Å². The van der Waals surface area contributed by atoms with Gasteiger partial charge in [-0.25, -0.2) is 0 Å². The summed E-state index contributed by atoms with van der Waals surface area (Å²) in [5, 5.41) is 7.10. The van der Waals surface area contributed by atoms with E-state index in [1.165, 1.54) is 18.4 Å². The molecule has 0 amide bonds. The number of nitrogens with one attached hydrogen (secondary N) is 2. The quantitative estimate of drug-likeness (QED) is 0.363. The van der Waals surface area contributed by atoms with Gasteiger partial charge in [0.2, 0.25) is 0 Å². The Bertz CT molecular complexity index is 641. The predicted molar refractivity (Wildman–Crippen MR) is 123 cm³/mol. The molecule has 0 aromatic heterocycles. The van der Waals surface area contributed by atoms with E-state index in [1.54, 1.807) is 0 Å². The first-order chi connectivity index (χ1) is 12.4. The molecule has 152 valence electrons. The number of para-hydroxylation sites is 1. The van der Waals surface area contributed by atoms with E-state index >= 15 is 0 Å². The summed E-state index contributed by atoms with van der Waals surface area (Å²) >= 11 is 0. The van der Waals surface area contributed by atoms with E-state index in [9.17, 15) is 0 Å². The molecule has 1 heterocycles. The first-order valence-electron chi connectivity index (χ1n) is 9.90. The Kier molecular flexibility index (Phi) is 7.80. The zero-order chi connectivity index (χ0) is 18.7. The molecule has 1 fully saturated rings. The second-order valence-electron chi connectivity index (χ2n) is 8.36. The fourth-order valence-corrected chi connectivity index (χ4v) is 3.86. The van der Waals surface area contributed by atoms with E-state index in [-0.39, 0.29) is 35.6 Å². The van der Waals surface area contributed by atoms with Gasteiger partial charge in [0.15, 0.2) is 5.96 Å². The number of hydrogen-bond donors (Lipinski definition) is 2. The number of fused-ring (bicyclic) bond motifs is 1. The van der Waals surface area contributed by atoms with Gasteiger partial charge in [0.1, 0.15) is 11.4 Å². The highest BCUT2D eigenvalue weighted by Crippen LogP contribution is 2.39. The van der Waals surface area contributed by atoms with Crippen LogP contribution < -0.4 is 15.4 Å². The Balaban J connectivity index is 0.00000261. The van der Waals surface area contributed by atoms with E-state index in [4.69, 9.17) is 4.74 Å². The molecule has 0 saturated heterocycles. The number of benzene rings is 1. The summed E-state index contributed by atoms with van der Waals surface area (Å²) in [6.07, 6.45) is 3.60. The zero-order valence-corrected chi connectivity index (χ0v) is 19.6. The van der Waals surface area contributed by atoms with Crippen LogP contribution in [0.4, 0.5) is 0 Å². The number of halogens is 1. The van der Waals surface area contributed by atoms with Crippen molar-refractivity contribution in [2.75, 3.05) is 20.1 Å². The molecule has 1 aromatic rings. The smallest absolute Gasteiger partial charge is 0.191 e. The summed E-state index contributed by atoms with van der Waals surface area (Å²) in [6, 6.07) is 9.88. The second kappa shape index (κ2) is 9.45. The maximum absolute atomic E-state index is 6.13. The maximum atomic E-state index is 6.13. The van der Waals surface area contributed by atoms with Crippen molar-refractivity contribution < 1.29 is 4.74 Å². The van der Waals surface area contributed by atoms with Crippen LogP contribution in [0.3, 0.4) is 0 Å². The van der Waals surface area contributed by atoms with E-state index in [0.29, 0.717) is 6.04 Å². The van der Waals surface area contributed by atoms with Gasteiger partial charge in [0.25, 0.3) is 0 Å². The minimum atomic E-state index is -0.189. The Morgan fingerprint density at radius 2 is 2.00 bits per heavy atom. The van der Waals surface area contributed by atoms with Crippen LogP contribution >= 0.6 is 24.0 Å². The standard InChI is InChI=1S/C21H34N4O.HI/c1-15(2)25(16-10-11-16)13-12-23-20(22-5)24-18-14-21(3,4)26-19-9-7-6-8-17(18)19;/h6-9,15-16,18H,10-14H2,1-5H3,(H2,22,23,24);1H. The molecule has 3 rings (SSSR count). The van der Waals surface area contributed by atoms with Crippen LogP contribution in [0.2, 0.25) is 0 Å². The van der Waals surface area contributed by atoms with Gasteiger partial charge in [0, 0.05) is 44.2 Å². The molecule has 0 spiro atoms. The van der Waals surface area contributed by atoms with Crippen LogP contribution in [0.15, 0.2) is 29.3 Å². The van der Waals surface area contributed by atoms with Crippen LogP contribution in [0.25, 0.3) is 0 Å². The molecule has 2 N–H and O–H groups in total. The molecular weight excluding hydrogens is 451 g/mol. The Morgan fingerprint density at radius 3 is 2.63 bits per heavy atom. The van der Waals surface area contributed by atoms with Crippen molar-refractivity contribution in [2.24, 2.45) is 4.99 Å².